The SMILES string of the molecule is CNc1ccc(S(=O)(=O)N2CC(O)C(O)C2)cc1. The second kappa shape index (κ2) is 4.85. The zero-order valence-corrected chi connectivity index (χ0v) is 10.8. The molecule has 1 aliphatic heterocycles. The van der Waals surface area contributed by atoms with Gasteiger partial charge >= 0.3 is 0 Å². The van der Waals surface area contributed by atoms with Gasteiger partial charge in [-0.1, -0.05) is 0 Å². The van der Waals surface area contributed by atoms with Gasteiger partial charge in [0.15, 0.2) is 0 Å². The van der Waals surface area contributed by atoms with Crippen LogP contribution in [0.2, 0.25) is 0 Å². The van der Waals surface area contributed by atoms with Crippen molar-refractivity contribution in [1.29, 1.82) is 0 Å². The van der Waals surface area contributed by atoms with Crippen molar-refractivity contribution in [3.8, 4) is 0 Å². The van der Waals surface area contributed by atoms with Crippen molar-refractivity contribution in [3.63, 3.8) is 0 Å². The Bertz CT molecular complexity index is 504. The number of sulfonamides is 1. The number of benzene rings is 1. The van der Waals surface area contributed by atoms with Crippen LogP contribution in [0.5, 0.6) is 0 Å². The van der Waals surface area contributed by atoms with E-state index in [-0.39, 0.29) is 18.0 Å². The summed E-state index contributed by atoms with van der Waals surface area (Å²) in [6, 6.07) is 6.32. The lowest BCUT2D eigenvalue weighted by Crippen LogP contribution is -2.29. The molecule has 3 N–H and O–H groups in total. The van der Waals surface area contributed by atoms with E-state index in [0.29, 0.717) is 0 Å². The Balaban J connectivity index is 2.25. The molecule has 0 bridgehead atoms. The fraction of sp³-hybridized carbons (Fsp3) is 0.455. The Hall–Kier alpha value is -1.15. The van der Waals surface area contributed by atoms with Crippen molar-refractivity contribution in [3.05, 3.63) is 24.3 Å². The number of anilines is 1. The average Bonchev–Trinajstić information content (AvgIpc) is 2.70. The van der Waals surface area contributed by atoms with Crippen LogP contribution in [0.25, 0.3) is 0 Å². The molecule has 0 aliphatic carbocycles. The van der Waals surface area contributed by atoms with Crippen molar-refractivity contribution in [2.75, 3.05) is 25.5 Å². The number of aliphatic hydroxyl groups excluding tert-OH is 2. The van der Waals surface area contributed by atoms with Gasteiger partial charge in [-0.15, -0.1) is 0 Å². The lowest BCUT2D eigenvalue weighted by atomic mass is 10.3. The van der Waals surface area contributed by atoms with Crippen molar-refractivity contribution < 1.29 is 18.6 Å². The molecule has 100 valence electrons. The minimum Gasteiger partial charge on any atom is -0.389 e. The van der Waals surface area contributed by atoms with E-state index in [1.54, 1.807) is 19.2 Å². The smallest absolute Gasteiger partial charge is 0.243 e. The molecule has 0 amide bonds. The van der Waals surface area contributed by atoms with Crippen molar-refractivity contribution in [1.82, 2.24) is 4.31 Å². The van der Waals surface area contributed by atoms with Crippen LogP contribution in [0.1, 0.15) is 0 Å². The average molecular weight is 272 g/mol. The largest absolute Gasteiger partial charge is 0.389 e. The van der Waals surface area contributed by atoms with Gasteiger partial charge in [0, 0.05) is 25.8 Å². The number of nitrogens with zero attached hydrogens (tertiary/aromatic N) is 1. The fourth-order valence-electron chi connectivity index (χ4n) is 1.87. The number of β-amino-alcohol motifs (C(OH)–C–C–N with tert-alkyl or cyclic N) is 2. The Kier molecular flexibility index (Phi) is 3.58. The molecule has 2 atom stereocenters. The van der Waals surface area contributed by atoms with E-state index in [4.69, 9.17) is 0 Å². The second-order valence-corrected chi connectivity index (χ2v) is 6.17. The quantitative estimate of drug-likeness (QED) is 0.687. The number of hydrogen-bond donors (Lipinski definition) is 3. The fourth-order valence-corrected chi connectivity index (χ4v) is 3.35. The van der Waals surface area contributed by atoms with Crippen LogP contribution in [-0.2, 0) is 10.0 Å². The Labute approximate surface area is 106 Å². The summed E-state index contributed by atoms with van der Waals surface area (Å²) in [4.78, 5) is 0.155. The maximum absolute atomic E-state index is 12.2. The van der Waals surface area contributed by atoms with E-state index in [2.05, 4.69) is 5.32 Å². The number of hydrogen-bond acceptors (Lipinski definition) is 5. The van der Waals surface area contributed by atoms with Crippen LogP contribution in [0.15, 0.2) is 29.2 Å². The summed E-state index contributed by atoms with van der Waals surface area (Å²) in [5, 5.41) is 21.7. The molecule has 18 heavy (non-hydrogen) atoms. The highest BCUT2D eigenvalue weighted by Crippen LogP contribution is 2.22. The standard InChI is InChI=1S/C11H16N2O4S/c1-12-8-2-4-9(5-3-8)18(16,17)13-6-10(14)11(15)7-13/h2-5,10-12,14-15H,6-7H2,1H3. The zero-order chi connectivity index (χ0) is 13.3. The zero-order valence-electron chi connectivity index (χ0n) is 9.94. The first-order valence-corrected chi connectivity index (χ1v) is 7.03. The predicted octanol–water partition coefficient (Wildman–Crippen LogP) is -0.546. The summed E-state index contributed by atoms with van der Waals surface area (Å²) in [5.74, 6) is 0. The van der Waals surface area contributed by atoms with Gasteiger partial charge in [0.1, 0.15) is 0 Å². The molecule has 1 aromatic carbocycles. The monoisotopic (exact) mass is 272 g/mol. The highest BCUT2D eigenvalue weighted by Gasteiger charge is 2.37. The van der Waals surface area contributed by atoms with Gasteiger partial charge in [-0.2, -0.15) is 4.31 Å². The summed E-state index contributed by atoms with van der Waals surface area (Å²) in [5.41, 5.74) is 0.815. The van der Waals surface area contributed by atoms with Gasteiger partial charge < -0.3 is 15.5 Å². The van der Waals surface area contributed by atoms with Crippen LogP contribution >= 0.6 is 0 Å². The topological polar surface area (TPSA) is 89.9 Å². The molecule has 0 radical (unpaired) electrons. The maximum atomic E-state index is 12.2. The number of rotatable bonds is 3. The minimum atomic E-state index is -3.64. The maximum Gasteiger partial charge on any atom is 0.243 e. The highest BCUT2D eigenvalue weighted by atomic mass is 32.2. The molecule has 0 saturated carbocycles. The second-order valence-electron chi connectivity index (χ2n) is 4.23. The van der Waals surface area contributed by atoms with Crippen molar-refractivity contribution in [2.24, 2.45) is 0 Å². The lowest BCUT2D eigenvalue weighted by Gasteiger charge is -2.15. The van der Waals surface area contributed by atoms with Gasteiger partial charge in [0.05, 0.1) is 17.1 Å². The summed E-state index contributed by atoms with van der Waals surface area (Å²) >= 11 is 0. The first-order valence-electron chi connectivity index (χ1n) is 5.59. The summed E-state index contributed by atoms with van der Waals surface area (Å²) in [7, 11) is -1.90. The third kappa shape index (κ3) is 2.35. The van der Waals surface area contributed by atoms with Crippen LogP contribution in [-0.4, -0.2) is 55.3 Å². The third-order valence-corrected chi connectivity index (χ3v) is 4.85. The molecule has 0 aromatic heterocycles. The summed E-state index contributed by atoms with van der Waals surface area (Å²) in [6.07, 6.45) is -2.03. The van der Waals surface area contributed by atoms with E-state index in [1.807, 2.05) is 0 Å². The molecule has 6 nitrogen and oxygen atoms in total. The first-order chi connectivity index (χ1) is 8.45. The highest BCUT2D eigenvalue weighted by molar-refractivity contribution is 7.89. The van der Waals surface area contributed by atoms with E-state index >= 15 is 0 Å². The van der Waals surface area contributed by atoms with Crippen LogP contribution in [0, 0.1) is 0 Å². The predicted molar refractivity (Wildman–Crippen MR) is 66.8 cm³/mol. The molecule has 1 heterocycles. The van der Waals surface area contributed by atoms with Gasteiger partial charge in [-0.3, -0.25) is 0 Å². The van der Waals surface area contributed by atoms with Gasteiger partial charge in [0.2, 0.25) is 10.0 Å². The molecule has 2 rings (SSSR count). The van der Waals surface area contributed by atoms with E-state index in [0.717, 1.165) is 9.99 Å². The normalized spacial score (nSPS) is 25.3. The van der Waals surface area contributed by atoms with Gasteiger partial charge in [0.25, 0.3) is 0 Å². The molecule has 2 unspecified atom stereocenters. The van der Waals surface area contributed by atoms with E-state index in [9.17, 15) is 18.6 Å². The molecule has 1 aliphatic rings. The van der Waals surface area contributed by atoms with Gasteiger partial charge in [-0.25, -0.2) is 8.42 Å². The number of nitrogens with one attached hydrogen (secondary N) is 1. The lowest BCUT2D eigenvalue weighted by molar-refractivity contribution is 0.0572. The Morgan fingerprint density at radius 1 is 1.17 bits per heavy atom. The third-order valence-electron chi connectivity index (χ3n) is 3.01. The van der Waals surface area contributed by atoms with Gasteiger partial charge in [-0.05, 0) is 24.3 Å². The van der Waals surface area contributed by atoms with E-state index < -0.39 is 22.2 Å². The molecule has 1 fully saturated rings. The van der Waals surface area contributed by atoms with E-state index in [1.165, 1.54) is 12.1 Å². The Morgan fingerprint density at radius 2 is 1.67 bits per heavy atom. The minimum absolute atomic E-state index is 0.0721. The Morgan fingerprint density at radius 3 is 2.11 bits per heavy atom. The molecular formula is C11H16N2O4S. The molecule has 1 aromatic rings. The summed E-state index contributed by atoms with van der Waals surface area (Å²) in [6.45, 7) is -0.144. The van der Waals surface area contributed by atoms with Crippen LogP contribution in [0.3, 0.4) is 0 Å². The first kappa shape index (κ1) is 13.3. The van der Waals surface area contributed by atoms with Crippen molar-refractivity contribution in [2.45, 2.75) is 17.1 Å². The molecule has 0 spiro atoms. The van der Waals surface area contributed by atoms with Crippen LogP contribution < -0.4 is 5.32 Å². The molecular weight excluding hydrogens is 256 g/mol. The van der Waals surface area contributed by atoms with Crippen LogP contribution in [0.4, 0.5) is 5.69 Å². The summed E-state index contributed by atoms with van der Waals surface area (Å²) < 4.78 is 25.5. The van der Waals surface area contributed by atoms with Crippen molar-refractivity contribution >= 4 is 15.7 Å². The molecule has 7 heteroatoms. The molecule has 1 saturated heterocycles. The number of aliphatic hydroxyl groups is 2.